The number of epoxide rings is 1. The highest BCUT2D eigenvalue weighted by Gasteiger charge is 2.48. The fourth-order valence-corrected chi connectivity index (χ4v) is 4.36. The molecule has 0 spiro atoms. The summed E-state index contributed by atoms with van der Waals surface area (Å²) in [5.74, 6) is 0.467. The molecule has 0 aromatic heterocycles. The zero-order valence-corrected chi connectivity index (χ0v) is 11.5. The Morgan fingerprint density at radius 2 is 2.05 bits per heavy atom. The molecule has 1 heteroatoms. The molecular formula is C20H14O. The van der Waals surface area contributed by atoms with Gasteiger partial charge in [-0.15, -0.1) is 0 Å². The normalized spacial score (nSPS) is 29.9. The second-order valence-electron chi connectivity index (χ2n) is 6.45. The van der Waals surface area contributed by atoms with Crippen LogP contribution in [0.15, 0.2) is 36.4 Å². The number of benzene rings is 2. The van der Waals surface area contributed by atoms with Gasteiger partial charge in [-0.3, -0.25) is 0 Å². The Hall–Kier alpha value is -2.12. The molecule has 1 aliphatic heterocycles. The summed E-state index contributed by atoms with van der Waals surface area (Å²) in [5, 5.41) is 2.77. The van der Waals surface area contributed by atoms with Crippen LogP contribution in [0.2, 0.25) is 0 Å². The summed E-state index contributed by atoms with van der Waals surface area (Å²) < 4.78 is 5.80. The molecule has 3 unspecified atom stereocenters. The molecule has 0 N–H and O–H groups in total. The average Bonchev–Trinajstić information content (AvgIpc) is 3.20. The van der Waals surface area contributed by atoms with E-state index in [1.807, 2.05) is 0 Å². The van der Waals surface area contributed by atoms with E-state index in [-0.39, 0.29) is 0 Å². The van der Waals surface area contributed by atoms with Crippen LogP contribution in [0.3, 0.4) is 0 Å². The molecule has 6 rings (SSSR count). The smallest absolute Gasteiger partial charge is 0.0948 e. The van der Waals surface area contributed by atoms with Crippen molar-refractivity contribution in [1.82, 2.24) is 0 Å². The van der Waals surface area contributed by atoms with Crippen LogP contribution >= 0.6 is 0 Å². The number of ether oxygens (including phenoxy) is 1. The van der Waals surface area contributed by atoms with E-state index in [9.17, 15) is 0 Å². The van der Waals surface area contributed by atoms with Gasteiger partial charge in [0.25, 0.3) is 0 Å². The molecule has 1 nitrogen and oxygen atoms in total. The van der Waals surface area contributed by atoms with Crippen LogP contribution in [-0.4, -0.2) is 12.2 Å². The van der Waals surface area contributed by atoms with Crippen molar-refractivity contribution in [3.63, 3.8) is 0 Å². The number of fused-ring (bicyclic) bond motifs is 6. The van der Waals surface area contributed by atoms with Gasteiger partial charge in [0.2, 0.25) is 0 Å². The second kappa shape index (κ2) is 3.37. The van der Waals surface area contributed by atoms with Crippen molar-refractivity contribution in [3.8, 4) is 0 Å². The van der Waals surface area contributed by atoms with Gasteiger partial charge in [-0.1, -0.05) is 48.6 Å². The highest BCUT2D eigenvalue weighted by molar-refractivity contribution is 6.09. The van der Waals surface area contributed by atoms with Crippen LogP contribution in [0.1, 0.15) is 28.7 Å². The second-order valence-corrected chi connectivity index (χ2v) is 6.45. The summed E-state index contributed by atoms with van der Waals surface area (Å²) in [4.78, 5) is 0. The Kier molecular flexibility index (Phi) is 1.70. The van der Waals surface area contributed by atoms with Gasteiger partial charge in [-0.25, -0.2) is 0 Å². The van der Waals surface area contributed by atoms with Gasteiger partial charge in [-0.05, 0) is 51.1 Å². The Morgan fingerprint density at radius 3 is 3.05 bits per heavy atom. The standard InChI is InChI=1S/C20H14O/c1-2-11-4-5-15-13-6-7-16-14(8-9-18-20(16)21-18)17(13)10-12(3-1)19(11)15/h1-8,10,16,18,20H,9H2. The van der Waals surface area contributed by atoms with Gasteiger partial charge < -0.3 is 4.74 Å². The Balaban J connectivity index is 1.71. The van der Waals surface area contributed by atoms with E-state index in [2.05, 4.69) is 54.6 Å². The number of rotatable bonds is 0. The van der Waals surface area contributed by atoms with E-state index < -0.39 is 0 Å². The predicted octanol–water partition coefficient (Wildman–Crippen LogP) is 4.52. The van der Waals surface area contributed by atoms with Crippen molar-refractivity contribution in [2.75, 3.05) is 0 Å². The van der Waals surface area contributed by atoms with Crippen molar-refractivity contribution < 1.29 is 4.74 Å². The Morgan fingerprint density at radius 1 is 1.05 bits per heavy atom. The van der Waals surface area contributed by atoms with E-state index in [1.54, 1.807) is 0 Å². The van der Waals surface area contributed by atoms with Crippen LogP contribution in [-0.2, 0) is 4.74 Å². The fourth-order valence-electron chi connectivity index (χ4n) is 4.36. The molecule has 0 bridgehead atoms. The van der Waals surface area contributed by atoms with Crippen molar-refractivity contribution in [2.24, 2.45) is 5.92 Å². The summed E-state index contributed by atoms with van der Waals surface area (Å²) >= 11 is 0. The van der Waals surface area contributed by atoms with Crippen LogP contribution in [0.25, 0.3) is 34.6 Å². The Bertz CT molecular complexity index is 913. The Labute approximate surface area is 123 Å². The van der Waals surface area contributed by atoms with Crippen molar-refractivity contribution in [2.45, 2.75) is 18.6 Å². The van der Waals surface area contributed by atoms with E-state index in [0.717, 1.165) is 6.42 Å². The third-order valence-electron chi connectivity index (χ3n) is 5.39. The maximum absolute atomic E-state index is 5.80. The maximum Gasteiger partial charge on any atom is 0.0948 e. The summed E-state index contributed by atoms with van der Waals surface area (Å²) in [5.41, 5.74) is 7.04. The minimum atomic E-state index is 0.431. The van der Waals surface area contributed by atoms with E-state index in [4.69, 9.17) is 4.74 Å². The van der Waals surface area contributed by atoms with Gasteiger partial charge in [0.05, 0.1) is 12.2 Å². The topological polar surface area (TPSA) is 12.5 Å². The molecule has 0 saturated carbocycles. The fraction of sp³-hybridized carbons (Fsp3) is 0.200. The summed E-state index contributed by atoms with van der Waals surface area (Å²) in [6.07, 6.45) is 13.6. The molecule has 0 amide bonds. The van der Waals surface area contributed by atoms with Gasteiger partial charge in [0, 0.05) is 5.92 Å². The molecule has 2 aromatic rings. The van der Waals surface area contributed by atoms with Gasteiger partial charge in [0.15, 0.2) is 0 Å². The molecule has 1 heterocycles. The minimum Gasteiger partial charge on any atom is -0.368 e. The zero-order valence-electron chi connectivity index (χ0n) is 11.5. The van der Waals surface area contributed by atoms with E-state index in [1.165, 1.54) is 38.6 Å². The molecule has 21 heavy (non-hydrogen) atoms. The summed E-state index contributed by atoms with van der Waals surface area (Å²) in [7, 11) is 0. The lowest BCUT2D eigenvalue weighted by Crippen LogP contribution is -2.18. The molecule has 1 saturated heterocycles. The van der Waals surface area contributed by atoms with E-state index >= 15 is 0 Å². The SMILES string of the molecule is C1=CC2C(=CCC3OC32)c2cc3cccc4c3c(c21)C=C4. The first-order valence-corrected chi connectivity index (χ1v) is 7.72. The quantitative estimate of drug-likeness (QED) is 0.547. The van der Waals surface area contributed by atoms with Gasteiger partial charge in [-0.2, -0.15) is 0 Å². The van der Waals surface area contributed by atoms with Crippen LogP contribution in [0.5, 0.6) is 0 Å². The highest BCUT2D eigenvalue weighted by atomic mass is 16.6. The lowest BCUT2D eigenvalue weighted by molar-refractivity contribution is 0.362. The van der Waals surface area contributed by atoms with E-state index in [0.29, 0.717) is 18.1 Å². The molecule has 2 aromatic carbocycles. The van der Waals surface area contributed by atoms with Gasteiger partial charge in [0.1, 0.15) is 0 Å². The largest absolute Gasteiger partial charge is 0.368 e. The molecule has 1 fully saturated rings. The van der Waals surface area contributed by atoms with Crippen molar-refractivity contribution in [1.29, 1.82) is 0 Å². The predicted molar refractivity (Wildman–Crippen MR) is 86.7 cm³/mol. The summed E-state index contributed by atoms with van der Waals surface area (Å²) in [6, 6.07) is 8.99. The summed E-state index contributed by atoms with van der Waals surface area (Å²) in [6.45, 7) is 0. The molecular weight excluding hydrogens is 256 g/mol. The molecule has 4 aliphatic rings. The first-order valence-electron chi connectivity index (χ1n) is 7.72. The molecule has 100 valence electrons. The van der Waals surface area contributed by atoms with Crippen molar-refractivity contribution in [3.05, 3.63) is 58.7 Å². The van der Waals surface area contributed by atoms with Crippen LogP contribution in [0, 0.1) is 5.92 Å². The highest BCUT2D eigenvalue weighted by Crippen LogP contribution is 2.50. The van der Waals surface area contributed by atoms with Crippen molar-refractivity contribution >= 4 is 34.6 Å². The monoisotopic (exact) mass is 270 g/mol. The van der Waals surface area contributed by atoms with Crippen LogP contribution < -0.4 is 0 Å². The third-order valence-corrected chi connectivity index (χ3v) is 5.39. The zero-order chi connectivity index (χ0) is 13.6. The third kappa shape index (κ3) is 1.22. The molecule has 0 radical (unpaired) electrons. The lowest BCUT2D eigenvalue weighted by Gasteiger charge is -2.26. The molecule has 3 atom stereocenters. The lowest BCUT2D eigenvalue weighted by atomic mass is 9.76. The first-order chi connectivity index (χ1) is 10.4. The van der Waals surface area contributed by atoms with Gasteiger partial charge >= 0.3 is 0 Å². The minimum absolute atomic E-state index is 0.431. The maximum atomic E-state index is 5.80. The van der Waals surface area contributed by atoms with Crippen LogP contribution in [0.4, 0.5) is 0 Å². The number of hydrogen-bond donors (Lipinski definition) is 0. The molecule has 3 aliphatic carbocycles. The average molecular weight is 270 g/mol. The number of hydrogen-bond acceptors (Lipinski definition) is 1. The first kappa shape index (κ1) is 10.6.